The van der Waals surface area contributed by atoms with Gasteiger partial charge in [0, 0.05) is 45.6 Å². The second-order valence-corrected chi connectivity index (χ2v) is 5.90. The number of pyridine rings is 1. The van der Waals surface area contributed by atoms with Crippen LogP contribution >= 0.6 is 0 Å². The van der Waals surface area contributed by atoms with E-state index in [1.807, 2.05) is 19.9 Å². The number of anilines is 1. The molecule has 120 valence electrons. The number of methoxy groups -OCH3 is 1. The minimum absolute atomic E-state index is 0.691. The lowest BCUT2D eigenvalue weighted by atomic mass is 10.1. The minimum Gasteiger partial charge on any atom is -0.385 e. The van der Waals surface area contributed by atoms with E-state index in [2.05, 4.69) is 20.9 Å². The predicted octanol–water partition coefficient (Wildman–Crippen LogP) is 2.12. The fraction of sp³-hybridized carbons (Fsp3) is 0.647. The summed E-state index contributed by atoms with van der Waals surface area (Å²) in [5.74, 6) is 0.852. The topological polar surface area (TPSA) is 52.4 Å². The Bertz CT molecular complexity index is 530. The van der Waals surface area contributed by atoms with Gasteiger partial charge in [-0.15, -0.1) is 0 Å². The van der Waals surface area contributed by atoms with E-state index in [4.69, 9.17) is 4.74 Å². The third-order valence-corrected chi connectivity index (χ3v) is 4.31. The molecule has 1 saturated heterocycles. The molecule has 0 amide bonds. The van der Waals surface area contributed by atoms with Crippen LogP contribution in [0.15, 0.2) is 6.07 Å². The zero-order valence-electron chi connectivity index (χ0n) is 13.9. The third-order valence-electron chi connectivity index (χ3n) is 4.31. The fourth-order valence-electron chi connectivity index (χ4n) is 2.78. The summed E-state index contributed by atoms with van der Waals surface area (Å²) in [6, 6.07) is 4.24. The highest BCUT2D eigenvalue weighted by Gasteiger charge is 2.20. The van der Waals surface area contributed by atoms with E-state index in [0.29, 0.717) is 5.56 Å². The molecular formula is C17H26N4O. The number of rotatable bonds is 6. The van der Waals surface area contributed by atoms with Crippen LogP contribution in [0.5, 0.6) is 0 Å². The Balaban J connectivity index is 1.92. The van der Waals surface area contributed by atoms with Crippen LogP contribution in [0.25, 0.3) is 0 Å². The van der Waals surface area contributed by atoms with Crippen LogP contribution in [-0.2, 0) is 4.74 Å². The predicted molar refractivity (Wildman–Crippen MR) is 88.2 cm³/mol. The van der Waals surface area contributed by atoms with Gasteiger partial charge in [0.25, 0.3) is 0 Å². The molecule has 2 heterocycles. The van der Waals surface area contributed by atoms with Crippen molar-refractivity contribution in [1.29, 1.82) is 5.26 Å². The average molecular weight is 302 g/mol. The Morgan fingerprint density at radius 1 is 1.23 bits per heavy atom. The average Bonchev–Trinajstić information content (AvgIpc) is 2.54. The zero-order chi connectivity index (χ0) is 15.9. The summed E-state index contributed by atoms with van der Waals surface area (Å²) >= 11 is 0. The fourth-order valence-corrected chi connectivity index (χ4v) is 2.78. The summed E-state index contributed by atoms with van der Waals surface area (Å²) < 4.78 is 5.09. The lowest BCUT2D eigenvalue weighted by Crippen LogP contribution is -2.47. The van der Waals surface area contributed by atoms with Gasteiger partial charge in [-0.05, 0) is 44.9 Å². The van der Waals surface area contributed by atoms with Gasteiger partial charge in [0.15, 0.2) is 0 Å². The number of nitrogens with zero attached hydrogens (tertiary/aromatic N) is 4. The Kier molecular flexibility index (Phi) is 6.17. The van der Waals surface area contributed by atoms with Crippen molar-refractivity contribution in [2.45, 2.75) is 26.7 Å². The molecule has 1 aromatic rings. The molecule has 1 aliphatic heterocycles. The van der Waals surface area contributed by atoms with Crippen LogP contribution in [0, 0.1) is 25.2 Å². The van der Waals surface area contributed by atoms with Gasteiger partial charge < -0.3 is 9.64 Å². The van der Waals surface area contributed by atoms with Crippen LogP contribution < -0.4 is 4.90 Å². The van der Waals surface area contributed by atoms with Crippen molar-refractivity contribution in [2.75, 3.05) is 51.3 Å². The Morgan fingerprint density at radius 3 is 2.59 bits per heavy atom. The van der Waals surface area contributed by atoms with Crippen molar-refractivity contribution in [3.63, 3.8) is 0 Å². The second kappa shape index (κ2) is 8.11. The second-order valence-electron chi connectivity index (χ2n) is 5.90. The third kappa shape index (κ3) is 4.19. The molecule has 0 bridgehead atoms. The van der Waals surface area contributed by atoms with Crippen molar-refractivity contribution in [3.05, 3.63) is 22.9 Å². The number of unbranched alkanes of at least 4 members (excludes halogenated alkanes) is 1. The lowest BCUT2D eigenvalue weighted by Gasteiger charge is -2.36. The van der Waals surface area contributed by atoms with E-state index >= 15 is 0 Å². The van der Waals surface area contributed by atoms with Gasteiger partial charge in [-0.25, -0.2) is 4.98 Å². The van der Waals surface area contributed by atoms with E-state index in [1.165, 1.54) is 6.42 Å². The van der Waals surface area contributed by atoms with Gasteiger partial charge in [-0.3, -0.25) is 4.90 Å². The largest absolute Gasteiger partial charge is 0.385 e. The van der Waals surface area contributed by atoms with Gasteiger partial charge in [-0.2, -0.15) is 5.26 Å². The number of ether oxygens (including phenoxy) is 1. The van der Waals surface area contributed by atoms with Crippen molar-refractivity contribution in [1.82, 2.24) is 9.88 Å². The first-order chi connectivity index (χ1) is 10.7. The minimum atomic E-state index is 0.691. The van der Waals surface area contributed by atoms with Crippen LogP contribution in [0.3, 0.4) is 0 Å². The van der Waals surface area contributed by atoms with E-state index in [9.17, 15) is 5.26 Å². The summed E-state index contributed by atoms with van der Waals surface area (Å²) in [7, 11) is 1.75. The highest BCUT2D eigenvalue weighted by molar-refractivity contribution is 5.56. The summed E-state index contributed by atoms with van der Waals surface area (Å²) in [4.78, 5) is 9.38. The van der Waals surface area contributed by atoms with Crippen LogP contribution in [0.4, 0.5) is 5.82 Å². The zero-order valence-corrected chi connectivity index (χ0v) is 13.9. The van der Waals surface area contributed by atoms with E-state index < -0.39 is 0 Å². The quantitative estimate of drug-likeness (QED) is 0.753. The molecule has 1 aromatic heterocycles. The van der Waals surface area contributed by atoms with Crippen molar-refractivity contribution in [2.24, 2.45) is 0 Å². The summed E-state index contributed by atoms with van der Waals surface area (Å²) in [5.41, 5.74) is 2.78. The maximum atomic E-state index is 9.34. The molecule has 22 heavy (non-hydrogen) atoms. The summed E-state index contributed by atoms with van der Waals surface area (Å²) in [6.45, 7) is 9.93. The first-order valence-electron chi connectivity index (χ1n) is 8.00. The lowest BCUT2D eigenvalue weighted by molar-refractivity contribution is 0.182. The molecule has 2 rings (SSSR count). The monoisotopic (exact) mass is 302 g/mol. The maximum Gasteiger partial charge on any atom is 0.146 e. The van der Waals surface area contributed by atoms with Crippen LogP contribution in [-0.4, -0.2) is 56.3 Å². The molecule has 0 spiro atoms. The first kappa shape index (κ1) is 16.7. The van der Waals surface area contributed by atoms with Gasteiger partial charge in [0.05, 0.1) is 5.56 Å². The Morgan fingerprint density at radius 2 is 1.95 bits per heavy atom. The summed E-state index contributed by atoms with van der Waals surface area (Å²) in [5, 5.41) is 9.34. The van der Waals surface area contributed by atoms with Crippen molar-refractivity contribution < 1.29 is 4.74 Å². The summed E-state index contributed by atoms with van der Waals surface area (Å²) in [6.07, 6.45) is 2.30. The van der Waals surface area contributed by atoms with Gasteiger partial charge >= 0.3 is 0 Å². The molecule has 0 unspecified atom stereocenters. The number of aromatic nitrogens is 1. The first-order valence-corrected chi connectivity index (χ1v) is 8.00. The molecule has 0 aromatic carbocycles. The van der Waals surface area contributed by atoms with E-state index in [0.717, 1.165) is 62.8 Å². The number of hydrogen-bond acceptors (Lipinski definition) is 5. The Hall–Kier alpha value is -1.64. The molecule has 1 aliphatic rings. The molecule has 0 saturated carbocycles. The molecule has 0 atom stereocenters. The standard InChI is InChI=1S/C17H26N4O/c1-14-12-16(13-18)17(19-15(14)2)21-9-7-20(8-10-21)6-4-5-11-22-3/h12H,4-11H2,1-3H3. The number of hydrogen-bond donors (Lipinski definition) is 0. The maximum absolute atomic E-state index is 9.34. The van der Waals surface area contributed by atoms with Crippen LogP contribution in [0.2, 0.25) is 0 Å². The number of piperazine rings is 1. The molecule has 1 fully saturated rings. The molecule has 5 heteroatoms. The molecule has 0 radical (unpaired) electrons. The highest BCUT2D eigenvalue weighted by Crippen LogP contribution is 2.21. The molecular weight excluding hydrogens is 276 g/mol. The van der Waals surface area contributed by atoms with Crippen molar-refractivity contribution in [3.8, 4) is 6.07 Å². The molecule has 0 aliphatic carbocycles. The number of aryl methyl sites for hydroxylation is 2. The smallest absolute Gasteiger partial charge is 0.146 e. The highest BCUT2D eigenvalue weighted by atomic mass is 16.5. The SMILES string of the molecule is COCCCCN1CCN(c2nc(C)c(C)cc2C#N)CC1. The van der Waals surface area contributed by atoms with Gasteiger partial charge in [-0.1, -0.05) is 0 Å². The number of nitriles is 1. The van der Waals surface area contributed by atoms with Gasteiger partial charge in [0.1, 0.15) is 11.9 Å². The molecule has 0 N–H and O–H groups in total. The van der Waals surface area contributed by atoms with Crippen molar-refractivity contribution >= 4 is 5.82 Å². The molecule has 5 nitrogen and oxygen atoms in total. The van der Waals surface area contributed by atoms with E-state index in [-0.39, 0.29) is 0 Å². The van der Waals surface area contributed by atoms with Gasteiger partial charge in [0.2, 0.25) is 0 Å². The van der Waals surface area contributed by atoms with Crippen LogP contribution in [0.1, 0.15) is 29.7 Å². The Labute approximate surface area is 133 Å². The normalized spacial score (nSPS) is 15.8. The van der Waals surface area contributed by atoms with E-state index in [1.54, 1.807) is 7.11 Å².